The van der Waals surface area contributed by atoms with E-state index in [0.29, 0.717) is 17.5 Å². The summed E-state index contributed by atoms with van der Waals surface area (Å²) >= 11 is 0. The van der Waals surface area contributed by atoms with E-state index in [-0.39, 0.29) is 56.5 Å². The molecule has 0 bridgehead atoms. The second kappa shape index (κ2) is 16.6. The smallest absolute Gasteiger partial charge is 0.416 e. The van der Waals surface area contributed by atoms with Gasteiger partial charge in [0.25, 0.3) is 0 Å². The number of cyclic esters (lactones) is 1. The summed E-state index contributed by atoms with van der Waals surface area (Å²) < 4.78 is 16.0. The third-order valence-electron chi connectivity index (χ3n) is 7.31. The fourth-order valence-corrected chi connectivity index (χ4v) is 5.07. The molecule has 1 aliphatic heterocycles. The number of nitrogens with zero attached hydrogens (tertiary/aromatic N) is 1. The van der Waals surface area contributed by atoms with Crippen molar-refractivity contribution in [1.82, 2.24) is 4.90 Å². The third-order valence-corrected chi connectivity index (χ3v) is 7.31. The molecule has 1 heterocycles. The molecule has 2 aromatic rings. The zero-order chi connectivity index (χ0) is 32.2. The monoisotopic (exact) mass is 607 g/mol. The highest BCUT2D eigenvalue weighted by Crippen LogP contribution is 2.28. The molecule has 0 radical (unpaired) electrons. The second-order valence-electron chi connectivity index (χ2n) is 11.1. The number of hydrogen-bond donors (Lipinski definition) is 1. The van der Waals surface area contributed by atoms with E-state index >= 15 is 0 Å². The highest BCUT2D eigenvalue weighted by molar-refractivity contribution is 6.25. The van der Waals surface area contributed by atoms with Crippen molar-refractivity contribution in [2.75, 3.05) is 26.4 Å². The average Bonchev–Trinajstić information content (AvgIpc) is 3.39. The van der Waals surface area contributed by atoms with Gasteiger partial charge in [-0.3, -0.25) is 19.2 Å². The van der Waals surface area contributed by atoms with E-state index in [2.05, 4.69) is 0 Å². The van der Waals surface area contributed by atoms with Gasteiger partial charge in [0.1, 0.15) is 6.61 Å². The predicted octanol–water partition coefficient (Wildman–Crippen LogP) is 4.10. The molecule has 0 aromatic heterocycles. The molecule has 1 fully saturated rings. The van der Waals surface area contributed by atoms with E-state index in [0.717, 1.165) is 23.5 Å². The van der Waals surface area contributed by atoms with Gasteiger partial charge >= 0.3 is 12.1 Å². The number of rotatable bonds is 16. The Kier molecular flexibility index (Phi) is 13.0. The fraction of sp³-hybridized carbons (Fsp3) is 0.441. The number of carbonyl (C=O) groups excluding carboxylic acids is 5. The first kappa shape index (κ1) is 34.3. The van der Waals surface area contributed by atoms with Crippen LogP contribution in [0.2, 0.25) is 0 Å². The minimum atomic E-state index is -1.62. The summed E-state index contributed by atoms with van der Waals surface area (Å²) in [6.07, 6.45) is -0.920. The molecule has 0 saturated carbocycles. The van der Waals surface area contributed by atoms with Gasteiger partial charge in [0, 0.05) is 25.5 Å². The Labute approximate surface area is 258 Å². The number of amides is 2. The normalized spacial score (nSPS) is 16.4. The molecule has 0 spiro atoms. The number of imide groups is 1. The summed E-state index contributed by atoms with van der Waals surface area (Å²) in [7, 11) is 0. The van der Waals surface area contributed by atoms with Gasteiger partial charge in [-0.05, 0) is 42.9 Å². The molecule has 44 heavy (non-hydrogen) atoms. The van der Waals surface area contributed by atoms with Crippen LogP contribution in [-0.4, -0.2) is 78.1 Å². The number of carbonyl (C=O) groups is 5. The summed E-state index contributed by atoms with van der Waals surface area (Å²) in [5.41, 5.74) is 2.15. The van der Waals surface area contributed by atoms with Crippen molar-refractivity contribution in [2.45, 2.75) is 59.1 Å². The number of Topliss-reactive ketones (excluding diaryl/α,β-unsaturated/α-hetero) is 1. The van der Waals surface area contributed by atoms with Gasteiger partial charge in [0.15, 0.2) is 17.7 Å². The van der Waals surface area contributed by atoms with Crippen LogP contribution < -0.4 is 0 Å². The maximum absolute atomic E-state index is 14.1. The number of esters is 1. The molecule has 1 saturated heterocycles. The molecule has 2 amide bonds. The van der Waals surface area contributed by atoms with Crippen molar-refractivity contribution >= 4 is 35.1 Å². The van der Waals surface area contributed by atoms with Crippen LogP contribution in [-0.2, 0) is 39.8 Å². The molecule has 236 valence electrons. The number of aliphatic hydroxyl groups is 1. The summed E-state index contributed by atoms with van der Waals surface area (Å²) in [6, 6.07) is 15.4. The Bertz CT molecular complexity index is 1350. The van der Waals surface area contributed by atoms with Crippen LogP contribution in [0, 0.1) is 18.8 Å². The number of ether oxygens (including phenoxy) is 3. The predicted molar refractivity (Wildman–Crippen MR) is 162 cm³/mol. The number of aryl methyl sites for hydroxylation is 1. The third kappa shape index (κ3) is 9.42. The van der Waals surface area contributed by atoms with Gasteiger partial charge in [0.2, 0.25) is 5.91 Å². The highest BCUT2D eigenvalue weighted by Gasteiger charge is 2.46. The molecule has 3 rings (SSSR count). The Balaban J connectivity index is 2.06. The number of ketones is 2. The number of aliphatic hydroxyl groups excluding tert-OH is 1. The SMILES string of the molecule is CC(=O)O[C@@H](C(=O)C=C(C(=O)CCCOCCO)c1cccc(C)c1)[C@@H](Cc1ccccc1)C(=O)N1C(=O)OC[C@H]1C(C)C. The molecule has 0 aliphatic carbocycles. The van der Waals surface area contributed by atoms with Crippen molar-refractivity contribution in [1.29, 1.82) is 0 Å². The average molecular weight is 608 g/mol. The van der Waals surface area contributed by atoms with Crippen molar-refractivity contribution in [3.8, 4) is 0 Å². The van der Waals surface area contributed by atoms with Gasteiger partial charge in [-0.15, -0.1) is 0 Å². The molecule has 0 unspecified atom stereocenters. The standard InChI is InChI=1S/C34H41NO9/c1-22(2)29-21-43-34(41)35(29)33(40)28(19-25-11-6-5-7-12-25)32(44-24(4)37)31(39)20-27(26-13-8-10-23(3)18-26)30(38)14-9-16-42-17-15-36/h5-8,10-13,18,20,22,28-29,32,36H,9,14-17,19,21H2,1-4H3/t28-,29+,32-/m1/s1. The maximum Gasteiger partial charge on any atom is 0.416 e. The van der Waals surface area contributed by atoms with Crippen LogP contribution in [0.3, 0.4) is 0 Å². The fourth-order valence-electron chi connectivity index (χ4n) is 5.07. The minimum Gasteiger partial charge on any atom is -0.453 e. The number of benzene rings is 2. The molecular formula is C34H41NO9. The molecule has 2 aromatic carbocycles. The lowest BCUT2D eigenvalue weighted by atomic mass is 9.87. The largest absolute Gasteiger partial charge is 0.453 e. The van der Waals surface area contributed by atoms with Crippen molar-refractivity contribution < 1.29 is 43.3 Å². The van der Waals surface area contributed by atoms with E-state index in [1.165, 1.54) is 0 Å². The lowest BCUT2D eigenvalue weighted by Crippen LogP contribution is -2.50. The first-order valence-electron chi connectivity index (χ1n) is 14.8. The van der Waals surface area contributed by atoms with Crippen LogP contribution in [0.1, 0.15) is 50.3 Å². The van der Waals surface area contributed by atoms with Crippen LogP contribution in [0.4, 0.5) is 4.79 Å². The van der Waals surface area contributed by atoms with Crippen LogP contribution in [0.15, 0.2) is 60.7 Å². The van der Waals surface area contributed by atoms with Gasteiger partial charge in [-0.1, -0.05) is 74.0 Å². The van der Waals surface area contributed by atoms with E-state index < -0.39 is 41.8 Å². The second-order valence-corrected chi connectivity index (χ2v) is 11.1. The van der Waals surface area contributed by atoms with E-state index in [1.54, 1.807) is 48.5 Å². The molecule has 1 aliphatic rings. The van der Waals surface area contributed by atoms with E-state index in [9.17, 15) is 24.0 Å². The quantitative estimate of drug-likeness (QED) is 0.170. The van der Waals surface area contributed by atoms with Gasteiger partial charge < -0.3 is 19.3 Å². The number of allylic oxidation sites excluding steroid dienone is 1. The minimum absolute atomic E-state index is 0.0122. The Hall–Kier alpha value is -4.15. The summed E-state index contributed by atoms with van der Waals surface area (Å²) in [5.74, 6) is -4.00. The molecule has 1 N–H and O–H groups in total. The zero-order valence-electron chi connectivity index (χ0n) is 25.7. The zero-order valence-corrected chi connectivity index (χ0v) is 25.7. The molecular weight excluding hydrogens is 566 g/mol. The molecule has 3 atom stereocenters. The van der Waals surface area contributed by atoms with Crippen molar-refractivity contribution in [3.63, 3.8) is 0 Å². The van der Waals surface area contributed by atoms with Gasteiger partial charge in [0.05, 0.1) is 25.2 Å². The first-order valence-corrected chi connectivity index (χ1v) is 14.8. The Morgan fingerprint density at radius 3 is 2.43 bits per heavy atom. The maximum atomic E-state index is 14.1. The lowest BCUT2D eigenvalue weighted by molar-refractivity contribution is -0.159. The Morgan fingerprint density at radius 1 is 1.07 bits per heavy atom. The van der Waals surface area contributed by atoms with Crippen LogP contribution in [0.5, 0.6) is 0 Å². The van der Waals surface area contributed by atoms with Crippen molar-refractivity contribution in [2.24, 2.45) is 11.8 Å². The lowest BCUT2D eigenvalue weighted by Gasteiger charge is -2.30. The molecule has 10 nitrogen and oxygen atoms in total. The number of hydrogen-bond acceptors (Lipinski definition) is 9. The van der Waals surface area contributed by atoms with Crippen molar-refractivity contribution in [3.05, 3.63) is 77.4 Å². The summed E-state index contributed by atoms with van der Waals surface area (Å²) in [6.45, 7) is 6.96. The van der Waals surface area contributed by atoms with Crippen LogP contribution in [0.25, 0.3) is 5.57 Å². The molecule has 10 heteroatoms. The topological polar surface area (TPSA) is 137 Å². The van der Waals surface area contributed by atoms with E-state index in [1.807, 2.05) is 26.8 Å². The van der Waals surface area contributed by atoms with Gasteiger partial charge in [-0.25, -0.2) is 9.69 Å². The van der Waals surface area contributed by atoms with Crippen LogP contribution >= 0.6 is 0 Å². The first-order chi connectivity index (χ1) is 21.0. The summed E-state index contributed by atoms with van der Waals surface area (Å²) in [4.78, 5) is 67.8. The highest BCUT2D eigenvalue weighted by atomic mass is 16.6. The van der Waals surface area contributed by atoms with Gasteiger partial charge in [-0.2, -0.15) is 0 Å². The Morgan fingerprint density at radius 2 is 1.80 bits per heavy atom. The van der Waals surface area contributed by atoms with E-state index in [4.69, 9.17) is 19.3 Å². The summed E-state index contributed by atoms with van der Waals surface area (Å²) in [5, 5.41) is 8.93.